The molecule has 3 N–H and O–H groups in total. The molecule has 0 bridgehead atoms. The van der Waals surface area contributed by atoms with Crippen molar-refractivity contribution in [2.75, 3.05) is 5.32 Å². The van der Waals surface area contributed by atoms with Crippen molar-refractivity contribution in [3.05, 3.63) is 24.2 Å². The van der Waals surface area contributed by atoms with Gasteiger partial charge in [-0.1, -0.05) is 0 Å². The number of carbonyl (C=O) groups is 2. The summed E-state index contributed by atoms with van der Waals surface area (Å²) in [6.07, 6.45) is 2.01. The van der Waals surface area contributed by atoms with E-state index in [0.29, 0.717) is 23.6 Å². The lowest BCUT2D eigenvalue weighted by Crippen LogP contribution is -2.45. The zero-order chi connectivity index (χ0) is 16.3. The van der Waals surface area contributed by atoms with Crippen LogP contribution in [0.4, 0.5) is 10.5 Å². The van der Waals surface area contributed by atoms with E-state index in [-0.39, 0.29) is 6.42 Å². The largest absolute Gasteiger partial charge is 0.481 e. The highest BCUT2D eigenvalue weighted by Gasteiger charge is 2.21. The molecule has 8 heteroatoms. The van der Waals surface area contributed by atoms with Crippen molar-refractivity contribution in [2.24, 2.45) is 0 Å². The van der Waals surface area contributed by atoms with Crippen LogP contribution < -0.4 is 10.6 Å². The van der Waals surface area contributed by atoms with Gasteiger partial charge in [0.2, 0.25) is 0 Å². The van der Waals surface area contributed by atoms with Crippen LogP contribution in [0.2, 0.25) is 0 Å². The molecule has 0 atom stereocenters. The Labute approximate surface area is 127 Å². The molecule has 0 radical (unpaired) electrons. The Balaban J connectivity index is 1.99. The van der Waals surface area contributed by atoms with Crippen LogP contribution in [0.5, 0.6) is 0 Å². The van der Waals surface area contributed by atoms with E-state index in [1.807, 2.05) is 0 Å². The first-order chi connectivity index (χ1) is 10.2. The van der Waals surface area contributed by atoms with Crippen LogP contribution in [0, 0.1) is 6.92 Å². The second kappa shape index (κ2) is 6.00. The zero-order valence-electron chi connectivity index (χ0n) is 12.8. The Bertz CT molecular complexity index is 708. The molecule has 0 aliphatic rings. The predicted octanol–water partition coefficient (Wildman–Crippen LogP) is 1.80. The van der Waals surface area contributed by atoms with Crippen molar-refractivity contribution in [2.45, 2.75) is 39.2 Å². The van der Waals surface area contributed by atoms with Gasteiger partial charge in [0.25, 0.3) is 0 Å². The molecule has 2 amide bonds. The molecule has 0 fully saturated rings. The smallest absolute Gasteiger partial charge is 0.319 e. The Hall–Kier alpha value is -2.64. The molecule has 2 aromatic rings. The third-order valence-corrected chi connectivity index (χ3v) is 3.11. The minimum atomic E-state index is -0.887. The number of urea groups is 1. The lowest BCUT2D eigenvalue weighted by molar-refractivity contribution is -0.137. The molecule has 0 aliphatic heterocycles. The Morgan fingerprint density at radius 1 is 1.36 bits per heavy atom. The number of aliphatic carboxylic acids is 1. The van der Waals surface area contributed by atoms with E-state index in [9.17, 15) is 9.59 Å². The first-order valence-corrected chi connectivity index (χ1v) is 6.89. The number of amides is 2. The Kier molecular flexibility index (Phi) is 4.30. The van der Waals surface area contributed by atoms with E-state index in [1.54, 1.807) is 43.6 Å². The van der Waals surface area contributed by atoms with E-state index in [2.05, 4.69) is 20.7 Å². The minimum absolute atomic E-state index is 0.00251. The summed E-state index contributed by atoms with van der Waals surface area (Å²) in [5.74, 6) is -0.237. The molecule has 8 nitrogen and oxygen atoms in total. The number of nitrogens with one attached hydrogen (secondary N) is 2. The number of carbonyl (C=O) groups excluding carboxylic acids is 1. The van der Waals surface area contributed by atoms with Crippen molar-refractivity contribution in [3.63, 3.8) is 0 Å². The molecule has 0 saturated carbocycles. The van der Waals surface area contributed by atoms with Gasteiger partial charge >= 0.3 is 12.0 Å². The van der Waals surface area contributed by atoms with Crippen LogP contribution in [0.15, 0.2) is 18.3 Å². The van der Waals surface area contributed by atoms with E-state index >= 15 is 0 Å². The molecule has 2 aromatic heterocycles. The summed E-state index contributed by atoms with van der Waals surface area (Å²) >= 11 is 0. The molecule has 0 aliphatic carbocycles. The normalized spacial score (nSPS) is 11.4. The second-order valence-electron chi connectivity index (χ2n) is 5.74. The van der Waals surface area contributed by atoms with Gasteiger partial charge in [0, 0.05) is 12.0 Å². The highest BCUT2D eigenvalue weighted by Crippen LogP contribution is 2.13. The van der Waals surface area contributed by atoms with Gasteiger partial charge < -0.3 is 15.7 Å². The average molecular weight is 305 g/mol. The molecule has 2 rings (SSSR count). The van der Waals surface area contributed by atoms with Crippen molar-refractivity contribution in [3.8, 4) is 0 Å². The molecule has 0 saturated heterocycles. The summed E-state index contributed by atoms with van der Waals surface area (Å²) in [6.45, 7) is 5.34. The average Bonchev–Trinajstić information content (AvgIpc) is 2.75. The Morgan fingerprint density at radius 2 is 2.09 bits per heavy atom. The number of nitrogens with zero attached hydrogens (tertiary/aromatic N) is 3. The van der Waals surface area contributed by atoms with E-state index in [0.717, 1.165) is 0 Å². The van der Waals surface area contributed by atoms with Gasteiger partial charge in [-0.2, -0.15) is 5.10 Å². The summed E-state index contributed by atoms with van der Waals surface area (Å²) in [5.41, 5.74) is 0.658. The van der Waals surface area contributed by atoms with Gasteiger partial charge in [-0.05, 0) is 39.3 Å². The number of pyridine rings is 1. The number of aromatic nitrogens is 3. The van der Waals surface area contributed by atoms with Crippen LogP contribution in [0.1, 0.15) is 32.5 Å². The fraction of sp³-hybridized carbons (Fsp3) is 0.429. The Morgan fingerprint density at radius 3 is 2.77 bits per heavy atom. The zero-order valence-corrected chi connectivity index (χ0v) is 12.8. The maximum absolute atomic E-state index is 12.0. The van der Waals surface area contributed by atoms with Crippen LogP contribution in [-0.4, -0.2) is 37.2 Å². The lowest BCUT2D eigenvalue weighted by atomic mass is 9.99. The molecule has 0 aromatic carbocycles. The van der Waals surface area contributed by atoms with Gasteiger partial charge in [-0.25, -0.2) is 14.3 Å². The number of rotatable bonds is 5. The highest BCUT2D eigenvalue weighted by atomic mass is 16.4. The maximum atomic E-state index is 12.0. The van der Waals surface area contributed by atoms with E-state index in [1.165, 1.54) is 0 Å². The number of anilines is 1. The fourth-order valence-corrected chi connectivity index (χ4v) is 2.02. The molecule has 22 heavy (non-hydrogen) atoms. The first kappa shape index (κ1) is 15.7. The monoisotopic (exact) mass is 305 g/mol. The van der Waals surface area contributed by atoms with Gasteiger partial charge in [-0.15, -0.1) is 0 Å². The third kappa shape index (κ3) is 4.18. The SMILES string of the molecule is Cc1nc2ccc(NC(=O)NC(C)(C)CCC(=O)O)cn2n1. The number of aryl methyl sites for hydroxylation is 1. The van der Waals surface area contributed by atoms with Gasteiger partial charge in [-0.3, -0.25) is 4.79 Å². The topological polar surface area (TPSA) is 109 Å². The minimum Gasteiger partial charge on any atom is -0.481 e. The summed E-state index contributed by atoms with van der Waals surface area (Å²) in [5, 5.41) is 18.3. The van der Waals surface area contributed by atoms with Crippen LogP contribution in [0.25, 0.3) is 5.65 Å². The van der Waals surface area contributed by atoms with Crippen molar-refractivity contribution in [1.29, 1.82) is 0 Å². The standard InChI is InChI=1S/C14H19N5O3/c1-9-15-11-5-4-10(8-19(11)18-9)16-13(22)17-14(2,3)7-6-12(20)21/h4-5,8H,6-7H2,1-3H3,(H,20,21)(H2,16,17,22). The van der Waals surface area contributed by atoms with Crippen molar-refractivity contribution in [1.82, 2.24) is 19.9 Å². The number of hydrogen-bond acceptors (Lipinski definition) is 4. The number of fused-ring (bicyclic) bond motifs is 1. The predicted molar refractivity (Wildman–Crippen MR) is 80.8 cm³/mol. The summed E-state index contributed by atoms with van der Waals surface area (Å²) in [7, 11) is 0. The second-order valence-corrected chi connectivity index (χ2v) is 5.74. The molecular weight excluding hydrogens is 286 g/mol. The van der Waals surface area contributed by atoms with Gasteiger partial charge in [0.05, 0.1) is 11.9 Å². The number of hydrogen-bond donors (Lipinski definition) is 3. The summed E-state index contributed by atoms with van der Waals surface area (Å²) < 4.78 is 1.58. The molecule has 0 spiro atoms. The molecule has 118 valence electrons. The third-order valence-electron chi connectivity index (χ3n) is 3.11. The first-order valence-electron chi connectivity index (χ1n) is 6.89. The molecule has 2 heterocycles. The summed E-state index contributed by atoms with van der Waals surface area (Å²) in [4.78, 5) is 26.8. The number of carboxylic acids is 1. The van der Waals surface area contributed by atoms with Crippen LogP contribution >= 0.6 is 0 Å². The van der Waals surface area contributed by atoms with Gasteiger partial charge in [0.1, 0.15) is 5.82 Å². The summed E-state index contributed by atoms with van der Waals surface area (Å²) in [6, 6.07) is 3.09. The molecule has 0 unspecified atom stereocenters. The van der Waals surface area contributed by atoms with E-state index in [4.69, 9.17) is 5.11 Å². The van der Waals surface area contributed by atoms with Crippen molar-refractivity contribution < 1.29 is 14.7 Å². The quantitative estimate of drug-likeness (QED) is 0.780. The van der Waals surface area contributed by atoms with Crippen LogP contribution in [0.3, 0.4) is 0 Å². The molecular formula is C14H19N5O3. The van der Waals surface area contributed by atoms with E-state index < -0.39 is 17.5 Å². The maximum Gasteiger partial charge on any atom is 0.319 e. The van der Waals surface area contributed by atoms with Gasteiger partial charge in [0.15, 0.2) is 5.65 Å². The highest BCUT2D eigenvalue weighted by molar-refractivity contribution is 5.89. The fourth-order valence-electron chi connectivity index (χ4n) is 2.02. The van der Waals surface area contributed by atoms with Crippen LogP contribution in [-0.2, 0) is 4.79 Å². The van der Waals surface area contributed by atoms with Crippen molar-refractivity contribution >= 4 is 23.3 Å². The lowest BCUT2D eigenvalue weighted by Gasteiger charge is -2.25. The number of carboxylic acid groups (broad SMARTS) is 1.